The van der Waals surface area contributed by atoms with Gasteiger partial charge in [-0.15, -0.1) is 6.58 Å². The Bertz CT molecular complexity index is 632. The Balaban J connectivity index is 2.36. The molecule has 2 aromatic rings. The van der Waals surface area contributed by atoms with Gasteiger partial charge < -0.3 is 9.73 Å². The van der Waals surface area contributed by atoms with Crippen molar-refractivity contribution < 1.29 is 4.42 Å². The number of nitrogens with one attached hydrogen (secondary N) is 1. The Morgan fingerprint density at radius 3 is 3.05 bits per heavy atom. The third-order valence-corrected chi connectivity index (χ3v) is 2.91. The summed E-state index contributed by atoms with van der Waals surface area (Å²) in [6, 6.07) is 6.00. The molecule has 0 bridgehead atoms. The lowest BCUT2D eigenvalue weighted by molar-refractivity contribution is 0.518. The number of rotatable bonds is 6. The number of hydrogen-bond acceptors (Lipinski definition) is 4. The molecule has 1 heterocycles. The van der Waals surface area contributed by atoms with Crippen molar-refractivity contribution in [1.29, 1.82) is 0 Å². The van der Waals surface area contributed by atoms with Crippen LogP contribution in [0.4, 0.5) is 6.01 Å². The predicted molar refractivity (Wildman–Crippen MR) is 77.6 cm³/mol. The van der Waals surface area contributed by atoms with E-state index in [4.69, 9.17) is 4.42 Å². The molecule has 0 spiro atoms. The van der Waals surface area contributed by atoms with Crippen LogP contribution in [0.5, 0.6) is 0 Å². The molecule has 0 saturated carbocycles. The molecule has 0 fully saturated rings. The Kier molecular flexibility index (Phi) is 4.34. The van der Waals surface area contributed by atoms with Crippen LogP contribution in [-0.4, -0.2) is 11.5 Å². The third kappa shape index (κ3) is 3.22. The van der Waals surface area contributed by atoms with Crippen molar-refractivity contribution in [3.63, 3.8) is 0 Å². The molecule has 2 rings (SSSR count). The van der Waals surface area contributed by atoms with E-state index in [-0.39, 0.29) is 11.6 Å². The lowest BCUT2D eigenvalue weighted by Crippen LogP contribution is -2.08. The summed E-state index contributed by atoms with van der Waals surface area (Å²) in [5.74, 6) is 0. The summed E-state index contributed by atoms with van der Waals surface area (Å²) < 4.78 is 5.13. The van der Waals surface area contributed by atoms with Gasteiger partial charge in [0.25, 0.3) is 6.01 Å². The number of anilines is 1. The highest BCUT2D eigenvalue weighted by Gasteiger charge is 2.06. The Hall–Kier alpha value is -2.10. The normalized spacial score (nSPS) is 10.6. The van der Waals surface area contributed by atoms with Crippen LogP contribution < -0.4 is 10.9 Å². The van der Waals surface area contributed by atoms with Gasteiger partial charge in [0.2, 0.25) is 0 Å². The standard InChI is InChI=1S/C15H18N2O2/c1-3-5-6-11-7-8-13-12(10-11)14(18)19-15(17-13)16-9-4-2/h4,7-8,10H,2-3,5-6,9H2,1H3,(H,16,17). The van der Waals surface area contributed by atoms with Gasteiger partial charge >= 0.3 is 5.63 Å². The number of unbranched alkanes of at least 4 members (excludes halogenated alkanes) is 1. The molecule has 0 aliphatic heterocycles. The second kappa shape index (κ2) is 6.18. The van der Waals surface area contributed by atoms with Crippen LogP contribution in [0, 0.1) is 0 Å². The number of fused-ring (bicyclic) bond motifs is 1. The summed E-state index contributed by atoms with van der Waals surface area (Å²) in [5, 5.41) is 3.42. The fourth-order valence-electron chi connectivity index (χ4n) is 1.89. The smallest absolute Gasteiger partial charge is 0.348 e. The average Bonchev–Trinajstić information content (AvgIpc) is 2.43. The lowest BCUT2D eigenvalue weighted by Gasteiger charge is -2.04. The van der Waals surface area contributed by atoms with Gasteiger partial charge in [0.05, 0.1) is 10.9 Å². The van der Waals surface area contributed by atoms with Gasteiger partial charge in [-0.05, 0) is 30.5 Å². The molecule has 0 aliphatic rings. The molecule has 1 aromatic carbocycles. The number of benzene rings is 1. The van der Waals surface area contributed by atoms with Crippen molar-refractivity contribution in [2.45, 2.75) is 26.2 Å². The molecule has 1 N–H and O–H groups in total. The first kappa shape index (κ1) is 13.3. The van der Waals surface area contributed by atoms with Gasteiger partial charge in [0.1, 0.15) is 0 Å². The van der Waals surface area contributed by atoms with Crippen LogP contribution in [0.3, 0.4) is 0 Å². The van der Waals surface area contributed by atoms with Crippen molar-refractivity contribution in [3.05, 3.63) is 46.8 Å². The largest absolute Gasteiger partial charge is 0.389 e. The predicted octanol–water partition coefficient (Wildman–Crippen LogP) is 3.13. The van der Waals surface area contributed by atoms with E-state index >= 15 is 0 Å². The van der Waals surface area contributed by atoms with Crippen LogP contribution in [0.1, 0.15) is 25.3 Å². The summed E-state index contributed by atoms with van der Waals surface area (Å²) in [5.41, 5.74) is 1.45. The third-order valence-electron chi connectivity index (χ3n) is 2.91. The molecule has 4 heteroatoms. The summed E-state index contributed by atoms with van der Waals surface area (Å²) >= 11 is 0. The van der Waals surface area contributed by atoms with Crippen molar-refractivity contribution in [3.8, 4) is 0 Å². The van der Waals surface area contributed by atoms with Crippen LogP contribution in [-0.2, 0) is 6.42 Å². The average molecular weight is 258 g/mol. The summed E-state index contributed by atoms with van der Waals surface area (Å²) in [4.78, 5) is 16.2. The summed E-state index contributed by atoms with van der Waals surface area (Å²) in [6.07, 6.45) is 4.90. The molecule has 0 unspecified atom stereocenters. The molecule has 4 nitrogen and oxygen atoms in total. The zero-order valence-corrected chi connectivity index (χ0v) is 11.1. The highest BCUT2D eigenvalue weighted by atomic mass is 16.4. The lowest BCUT2D eigenvalue weighted by atomic mass is 10.1. The number of nitrogens with zero attached hydrogens (tertiary/aromatic N) is 1. The van der Waals surface area contributed by atoms with Crippen LogP contribution in [0.25, 0.3) is 10.9 Å². The highest BCUT2D eigenvalue weighted by molar-refractivity contribution is 5.78. The maximum atomic E-state index is 11.9. The molecule has 0 atom stereocenters. The quantitative estimate of drug-likeness (QED) is 0.809. The Morgan fingerprint density at radius 1 is 1.47 bits per heavy atom. The van der Waals surface area contributed by atoms with Crippen LogP contribution >= 0.6 is 0 Å². The zero-order valence-electron chi connectivity index (χ0n) is 11.1. The number of aromatic nitrogens is 1. The molecular formula is C15H18N2O2. The Labute approximate surface area is 112 Å². The summed E-state index contributed by atoms with van der Waals surface area (Å²) in [7, 11) is 0. The summed E-state index contributed by atoms with van der Waals surface area (Å²) in [6.45, 7) is 6.25. The first-order chi connectivity index (χ1) is 9.24. The molecule has 0 aliphatic carbocycles. The molecular weight excluding hydrogens is 240 g/mol. The molecule has 0 amide bonds. The van der Waals surface area contributed by atoms with E-state index in [2.05, 4.69) is 23.8 Å². The Morgan fingerprint density at radius 2 is 2.32 bits per heavy atom. The first-order valence-electron chi connectivity index (χ1n) is 6.53. The van der Waals surface area contributed by atoms with Crippen molar-refractivity contribution >= 4 is 16.9 Å². The minimum Gasteiger partial charge on any atom is -0.389 e. The van der Waals surface area contributed by atoms with E-state index in [0.717, 1.165) is 24.8 Å². The monoisotopic (exact) mass is 258 g/mol. The van der Waals surface area contributed by atoms with Gasteiger partial charge in [-0.25, -0.2) is 4.79 Å². The second-order valence-corrected chi connectivity index (χ2v) is 4.43. The SMILES string of the molecule is C=CCNc1nc2ccc(CCCC)cc2c(=O)o1. The minimum atomic E-state index is -0.352. The van der Waals surface area contributed by atoms with E-state index < -0.39 is 0 Å². The van der Waals surface area contributed by atoms with Crippen molar-refractivity contribution in [1.82, 2.24) is 4.98 Å². The van der Waals surface area contributed by atoms with Gasteiger partial charge in [-0.3, -0.25) is 0 Å². The van der Waals surface area contributed by atoms with E-state index in [1.165, 1.54) is 0 Å². The van der Waals surface area contributed by atoms with Gasteiger partial charge in [-0.2, -0.15) is 4.98 Å². The fraction of sp³-hybridized carbons (Fsp3) is 0.333. The molecule has 0 radical (unpaired) electrons. The first-order valence-corrected chi connectivity index (χ1v) is 6.53. The van der Waals surface area contributed by atoms with E-state index in [0.29, 0.717) is 17.4 Å². The maximum Gasteiger partial charge on any atom is 0.348 e. The highest BCUT2D eigenvalue weighted by Crippen LogP contribution is 2.14. The van der Waals surface area contributed by atoms with Crippen LogP contribution in [0.15, 0.2) is 40.1 Å². The topological polar surface area (TPSA) is 55.1 Å². The molecule has 100 valence electrons. The van der Waals surface area contributed by atoms with Gasteiger partial charge in [0.15, 0.2) is 0 Å². The van der Waals surface area contributed by atoms with E-state index in [1.807, 2.05) is 18.2 Å². The molecule has 19 heavy (non-hydrogen) atoms. The maximum absolute atomic E-state index is 11.9. The number of aryl methyl sites for hydroxylation is 1. The van der Waals surface area contributed by atoms with Crippen molar-refractivity contribution in [2.75, 3.05) is 11.9 Å². The molecule has 1 aromatic heterocycles. The van der Waals surface area contributed by atoms with Crippen molar-refractivity contribution in [2.24, 2.45) is 0 Å². The van der Waals surface area contributed by atoms with Gasteiger partial charge in [0, 0.05) is 6.54 Å². The molecule has 0 saturated heterocycles. The van der Waals surface area contributed by atoms with Gasteiger partial charge in [-0.1, -0.05) is 25.5 Å². The van der Waals surface area contributed by atoms with Crippen LogP contribution in [0.2, 0.25) is 0 Å². The fourth-order valence-corrected chi connectivity index (χ4v) is 1.89. The number of hydrogen-bond donors (Lipinski definition) is 1. The minimum absolute atomic E-state index is 0.235. The zero-order chi connectivity index (χ0) is 13.7. The van der Waals surface area contributed by atoms with E-state index in [9.17, 15) is 4.79 Å². The second-order valence-electron chi connectivity index (χ2n) is 4.43. The van der Waals surface area contributed by atoms with E-state index in [1.54, 1.807) is 6.08 Å².